The Balaban J connectivity index is 2.25. The molecule has 2 N–H and O–H groups in total. The summed E-state index contributed by atoms with van der Waals surface area (Å²) in [5.41, 5.74) is -0.210. The number of ether oxygens (including phenoxy) is 9. The van der Waals surface area contributed by atoms with E-state index >= 15 is 0 Å². The molecule has 0 saturated carbocycles. The fourth-order valence-electron chi connectivity index (χ4n) is 6.37. The van der Waals surface area contributed by atoms with Gasteiger partial charge in [-0.15, -0.1) is 0 Å². The normalized spacial score (nSPS) is 17.7. The minimum absolute atomic E-state index is 0.0562. The van der Waals surface area contributed by atoms with E-state index in [0.717, 1.165) is 66.4 Å². The first-order chi connectivity index (χ1) is 31.6. The standard InChI is InChI=1S/C45H71N5O17/c1-29(51)62-36-37(63-30(2)52)39(64-31(3)53)41(66-38(36)40(55)59-11)65-34-21-20-32(28-61-43(57)49(9)24-25-50(10)44(58)67-45(4,5)6)27-33(34)47-35(54)19-17-15-13-12-14-16-18-26-60-42(56)48(8)23-22-46-7/h20-21,27,36-39,41,46H,12-19,22-26,28H2,1-11H3,(H,47,54)/t36-,37-,38-,39+,41+/m0/s1. The summed E-state index contributed by atoms with van der Waals surface area (Å²) in [6.07, 6.45) is -4.13. The lowest BCUT2D eigenvalue weighted by Gasteiger charge is -2.43. The van der Waals surface area contributed by atoms with Crippen LogP contribution in [0.4, 0.5) is 20.1 Å². The van der Waals surface area contributed by atoms with Gasteiger partial charge in [-0.05, 0) is 58.4 Å². The predicted molar refractivity (Wildman–Crippen MR) is 240 cm³/mol. The van der Waals surface area contributed by atoms with Gasteiger partial charge in [-0.2, -0.15) is 0 Å². The zero-order valence-corrected chi connectivity index (χ0v) is 40.8. The van der Waals surface area contributed by atoms with Gasteiger partial charge in [-0.1, -0.05) is 38.2 Å². The van der Waals surface area contributed by atoms with Crippen molar-refractivity contribution in [3.63, 3.8) is 0 Å². The molecule has 0 aromatic heterocycles. The first-order valence-corrected chi connectivity index (χ1v) is 22.3. The third kappa shape index (κ3) is 21.5. The number of amides is 4. The monoisotopic (exact) mass is 953 g/mol. The maximum atomic E-state index is 13.4. The Kier molecular flexibility index (Phi) is 24.8. The molecule has 0 spiro atoms. The van der Waals surface area contributed by atoms with Gasteiger partial charge in [0.15, 0.2) is 18.3 Å². The molecule has 1 aromatic carbocycles. The van der Waals surface area contributed by atoms with Crippen molar-refractivity contribution in [3.05, 3.63) is 23.8 Å². The van der Waals surface area contributed by atoms with E-state index in [1.54, 1.807) is 34.9 Å². The number of esters is 4. The molecule has 22 heteroatoms. The lowest BCUT2D eigenvalue weighted by atomic mass is 9.97. The zero-order valence-electron chi connectivity index (χ0n) is 40.8. The molecular formula is C45H71N5O17. The summed E-state index contributed by atoms with van der Waals surface area (Å²) < 4.78 is 49.5. The Labute approximate surface area is 392 Å². The Bertz CT molecular complexity index is 1810. The molecule has 0 unspecified atom stereocenters. The lowest BCUT2D eigenvalue weighted by molar-refractivity contribution is -0.282. The number of hydrogen-bond donors (Lipinski definition) is 2. The highest BCUT2D eigenvalue weighted by Crippen LogP contribution is 2.34. The fourth-order valence-corrected chi connectivity index (χ4v) is 6.37. The first-order valence-electron chi connectivity index (χ1n) is 22.3. The van der Waals surface area contributed by atoms with Gasteiger partial charge in [-0.3, -0.25) is 19.2 Å². The van der Waals surface area contributed by atoms with Crippen LogP contribution >= 0.6 is 0 Å². The second-order valence-electron chi connectivity index (χ2n) is 16.9. The van der Waals surface area contributed by atoms with Crippen molar-refractivity contribution in [3.8, 4) is 5.75 Å². The molecule has 378 valence electrons. The molecule has 0 radical (unpaired) electrons. The first kappa shape index (κ1) is 57.2. The summed E-state index contributed by atoms with van der Waals surface area (Å²) in [6, 6.07) is 4.43. The molecule has 4 amide bonds. The van der Waals surface area contributed by atoms with Crippen LogP contribution in [0.2, 0.25) is 0 Å². The van der Waals surface area contributed by atoms with Crippen molar-refractivity contribution in [1.29, 1.82) is 0 Å². The highest BCUT2D eigenvalue weighted by Gasteiger charge is 2.56. The average molecular weight is 954 g/mol. The van der Waals surface area contributed by atoms with Crippen molar-refractivity contribution in [2.45, 2.75) is 136 Å². The average Bonchev–Trinajstić information content (AvgIpc) is 3.25. The molecule has 0 aliphatic carbocycles. The Morgan fingerprint density at radius 1 is 0.687 bits per heavy atom. The molecule has 67 heavy (non-hydrogen) atoms. The number of nitrogens with one attached hydrogen (secondary N) is 2. The maximum absolute atomic E-state index is 13.4. The second-order valence-corrected chi connectivity index (χ2v) is 16.9. The van der Waals surface area contributed by atoms with Gasteiger partial charge in [0, 0.05) is 74.5 Å². The number of anilines is 1. The molecule has 0 bridgehead atoms. The number of carbonyl (C=O) groups is 8. The molecule has 1 fully saturated rings. The quantitative estimate of drug-likeness (QED) is 0.0775. The van der Waals surface area contributed by atoms with E-state index in [4.69, 9.17) is 42.6 Å². The number of unbranched alkanes of at least 4 members (excludes halogenated alkanes) is 6. The molecule has 1 heterocycles. The number of likely N-dealkylation sites (N-methyl/N-ethyl adjacent to an activating group) is 4. The van der Waals surface area contributed by atoms with Gasteiger partial charge in [0.05, 0.1) is 19.4 Å². The summed E-state index contributed by atoms with van der Waals surface area (Å²) in [4.78, 5) is 105. The fraction of sp³-hybridized carbons (Fsp3) is 0.689. The molecular weight excluding hydrogens is 883 g/mol. The van der Waals surface area contributed by atoms with Crippen molar-refractivity contribution >= 4 is 53.8 Å². The summed E-state index contributed by atoms with van der Waals surface area (Å²) in [5.74, 6) is -4.10. The Morgan fingerprint density at radius 3 is 1.81 bits per heavy atom. The van der Waals surface area contributed by atoms with Crippen LogP contribution in [-0.2, 0) is 68.5 Å². The third-order valence-electron chi connectivity index (χ3n) is 9.83. The molecule has 1 saturated heterocycles. The summed E-state index contributed by atoms with van der Waals surface area (Å²) in [7, 11) is 7.60. The van der Waals surface area contributed by atoms with Crippen LogP contribution in [0.25, 0.3) is 0 Å². The van der Waals surface area contributed by atoms with Crippen molar-refractivity contribution in [2.75, 3.05) is 73.4 Å². The summed E-state index contributed by atoms with van der Waals surface area (Å²) in [5, 5.41) is 5.80. The van der Waals surface area contributed by atoms with Gasteiger partial charge in [-0.25, -0.2) is 19.2 Å². The number of methoxy groups -OCH3 is 1. The second kappa shape index (κ2) is 29.0. The number of nitrogens with zero attached hydrogens (tertiary/aromatic N) is 3. The van der Waals surface area contributed by atoms with Gasteiger partial charge in [0.2, 0.25) is 18.3 Å². The topological polar surface area (TPSA) is 253 Å². The van der Waals surface area contributed by atoms with Crippen LogP contribution in [0.3, 0.4) is 0 Å². The number of carbonyl (C=O) groups excluding carboxylic acids is 8. The zero-order chi connectivity index (χ0) is 50.3. The van der Waals surface area contributed by atoms with E-state index < -0.39 is 78.3 Å². The smallest absolute Gasteiger partial charge is 0.410 e. The van der Waals surface area contributed by atoms with E-state index in [-0.39, 0.29) is 43.6 Å². The Morgan fingerprint density at radius 2 is 1.22 bits per heavy atom. The highest BCUT2D eigenvalue weighted by atomic mass is 16.7. The highest BCUT2D eigenvalue weighted by molar-refractivity contribution is 5.92. The van der Waals surface area contributed by atoms with Crippen LogP contribution in [0.5, 0.6) is 5.75 Å². The van der Waals surface area contributed by atoms with Gasteiger partial charge in [0.25, 0.3) is 0 Å². The van der Waals surface area contributed by atoms with Crippen molar-refractivity contribution < 1.29 is 81.0 Å². The molecule has 1 aliphatic heterocycles. The summed E-state index contributed by atoms with van der Waals surface area (Å²) in [6.45, 7) is 10.0. The molecule has 5 atom stereocenters. The number of hydrogen-bond acceptors (Lipinski definition) is 18. The van der Waals surface area contributed by atoms with Crippen LogP contribution in [0.15, 0.2) is 18.2 Å². The van der Waals surface area contributed by atoms with Gasteiger partial charge in [0.1, 0.15) is 18.0 Å². The molecule has 1 aliphatic rings. The number of benzene rings is 1. The van der Waals surface area contributed by atoms with Gasteiger partial charge < -0.3 is 68.0 Å². The minimum Gasteiger partial charge on any atom is -0.467 e. The Hall–Kier alpha value is -5.90. The van der Waals surface area contributed by atoms with Crippen molar-refractivity contribution in [2.24, 2.45) is 0 Å². The van der Waals surface area contributed by atoms with E-state index in [9.17, 15) is 38.4 Å². The van der Waals surface area contributed by atoms with E-state index in [1.807, 2.05) is 7.05 Å². The van der Waals surface area contributed by atoms with Crippen LogP contribution in [0.1, 0.15) is 98.5 Å². The third-order valence-corrected chi connectivity index (χ3v) is 9.83. The maximum Gasteiger partial charge on any atom is 0.410 e. The predicted octanol–water partition coefficient (Wildman–Crippen LogP) is 4.54. The minimum atomic E-state index is -1.73. The lowest BCUT2D eigenvalue weighted by Crippen LogP contribution is -2.64. The van der Waals surface area contributed by atoms with Crippen LogP contribution < -0.4 is 15.4 Å². The molecule has 22 nitrogen and oxygen atoms in total. The SMILES string of the molecule is CNCCN(C)C(=O)OCCCCCCCCCC(=O)Nc1cc(COC(=O)N(C)CCN(C)C(=O)OC(C)(C)C)ccc1O[C@@H]1O[C@H](C(=O)OC)[C@@H](OC(C)=O)[C@H](OC(C)=O)[C@H]1OC(C)=O. The van der Waals surface area contributed by atoms with E-state index in [2.05, 4.69) is 10.6 Å². The largest absolute Gasteiger partial charge is 0.467 e. The van der Waals surface area contributed by atoms with Gasteiger partial charge >= 0.3 is 42.2 Å². The van der Waals surface area contributed by atoms with E-state index in [1.165, 1.54) is 39.9 Å². The van der Waals surface area contributed by atoms with E-state index in [0.29, 0.717) is 31.7 Å². The molecule has 2 rings (SSSR count). The number of rotatable bonds is 25. The van der Waals surface area contributed by atoms with Crippen LogP contribution in [0, 0.1) is 0 Å². The van der Waals surface area contributed by atoms with Crippen molar-refractivity contribution in [1.82, 2.24) is 20.0 Å². The van der Waals surface area contributed by atoms with Crippen LogP contribution in [-0.4, -0.2) is 167 Å². The molecule has 1 aromatic rings. The summed E-state index contributed by atoms with van der Waals surface area (Å²) >= 11 is 0.